The van der Waals surface area contributed by atoms with Crippen LogP contribution >= 0.6 is 0 Å². The molecule has 2 aliphatic rings. The summed E-state index contributed by atoms with van der Waals surface area (Å²) in [5.41, 5.74) is 2.81. The highest BCUT2D eigenvalue weighted by Crippen LogP contribution is 2.31. The van der Waals surface area contributed by atoms with E-state index in [0.717, 1.165) is 74.2 Å². The average Bonchev–Trinajstić information content (AvgIpc) is 3.40. The molecular formula is C29H39N7O4. The van der Waals surface area contributed by atoms with Crippen molar-refractivity contribution in [1.29, 1.82) is 0 Å². The summed E-state index contributed by atoms with van der Waals surface area (Å²) in [6.07, 6.45) is 13.1. The van der Waals surface area contributed by atoms with E-state index < -0.39 is 5.97 Å². The number of carboxylic acids is 1. The van der Waals surface area contributed by atoms with Gasteiger partial charge in [0.25, 0.3) is 5.91 Å². The van der Waals surface area contributed by atoms with Gasteiger partial charge < -0.3 is 25.8 Å². The third-order valence-electron chi connectivity index (χ3n) is 7.59. The molecule has 1 aliphatic heterocycles. The number of ether oxygens (including phenoxy) is 1. The standard InChI is InChI=1S/C29H39N7O4/c37-24(38)12-5-2-7-17-30-28(39)20-13-15-22(16-14-20)33-29-34-26(32-21-9-3-1-4-10-21)25-27(35-29)36(19-31-25)23-11-6-8-18-40-23/h13-16,19,21,23H,1-12,17-18H2,(H,30,39)(H,37,38)(H2,32,33,34,35). The lowest BCUT2D eigenvalue weighted by molar-refractivity contribution is -0.137. The van der Waals surface area contributed by atoms with Gasteiger partial charge in [0.15, 0.2) is 17.0 Å². The van der Waals surface area contributed by atoms with Crippen LogP contribution in [-0.4, -0.2) is 55.7 Å². The van der Waals surface area contributed by atoms with Gasteiger partial charge in [0.2, 0.25) is 5.95 Å². The largest absolute Gasteiger partial charge is 0.481 e. The van der Waals surface area contributed by atoms with Crippen molar-refractivity contribution >= 4 is 40.5 Å². The number of imidazole rings is 1. The van der Waals surface area contributed by atoms with Gasteiger partial charge in [0, 0.05) is 36.9 Å². The normalized spacial score (nSPS) is 17.9. The van der Waals surface area contributed by atoms with Gasteiger partial charge in [0.1, 0.15) is 6.23 Å². The fourth-order valence-corrected chi connectivity index (χ4v) is 5.38. The van der Waals surface area contributed by atoms with Gasteiger partial charge in [-0.1, -0.05) is 25.7 Å². The summed E-state index contributed by atoms with van der Waals surface area (Å²) < 4.78 is 8.05. The lowest BCUT2D eigenvalue weighted by atomic mass is 9.95. The molecule has 2 fully saturated rings. The molecule has 3 heterocycles. The van der Waals surface area contributed by atoms with Crippen molar-refractivity contribution in [2.45, 2.75) is 89.3 Å². The summed E-state index contributed by atoms with van der Waals surface area (Å²) in [6, 6.07) is 7.57. The highest BCUT2D eigenvalue weighted by atomic mass is 16.5. The zero-order valence-corrected chi connectivity index (χ0v) is 22.9. The predicted molar refractivity (Wildman–Crippen MR) is 153 cm³/mol. The van der Waals surface area contributed by atoms with Crippen molar-refractivity contribution in [3.63, 3.8) is 0 Å². The number of unbranched alkanes of at least 4 members (excludes halogenated alkanes) is 2. The molecule has 2 aromatic heterocycles. The molecule has 3 aromatic rings. The fraction of sp³-hybridized carbons (Fsp3) is 0.552. The molecule has 1 aliphatic carbocycles. The number of carbonyl (C=O) groups excluding carboxylic acids is 1. The molecular weight excluding hydrogens is 510 g/mol. The van der Waals surface area contributed by atoms with Gasteiger partial charge in [-0.05, 0) is 69.2 Å². The summed E-state index contributed by atoms with van der Waals surface area (Å²) in [6.45, 7) is 1.25. The van der Waals surface area contributed by atoms with E-state index in [1.54, 1.807) is 12.1 Å². The second-order valence-electron chi connectivity index (χ2n) is 10.7. The van der Waals surface area contributed by atoms with Crippen LogP contribution in [0.3, 0.4) is 0 Å². The summed E-state index contributed by atoms with van der Waals surface area (Å²) >= 11 is 0. The van der Waals surface area contributed by atoms with E-state index in [1.807, 2.05) is 23.0 Å². The van der Waals surface area contributed by atoms with E-state index in [0.29, 0.717) is 30.5 Å². The molecule has 5 rings (SSSR count). The Morgan fingerprint density at radius 2 is 1.77 bits per heavy atom. The molecule has 1 aromatic carbocycles. The molecule has 1 saturated heterocycles. The number of anilines is 3. The zero-order chi connectivity index (χ0) is 27.7. The number of hydrogen-bond acceptors (Lipinski definition) is 8. The number of rotatable bonds is 12. The molecule has 11 heteroatoms. The number of amides is 1. The first-order valence-corrected chi connectivity index (χ1v) is 14.6. The molecule has 1 unspecified atom stereocenters. The minimum Gasteiger partial charge on any atom is -0.481 e. The van der Waals surface area contributed by atoms with Crippen molar-refractivity contribution < 1.29 is 19.4 Å². The zero-order valence-electron chi connectivity index (χ0n) is 22.9. The quantitative estimate of drug-likeness (QED) is 0.219. The van der Waals surface area contributed by atoms with Gasteiger partial charge in [0.05, 0.1) is 6.33 Å². The number of nitrogens with one attached hydrogen (secondary N) is 3. The first-order valence-electron chi connectivity index (χ1n) is 14.6. The van der Waals surface area contributed by atoms with Crippen molar-refractivity contribution in [2.75, 3.05) is 23.8 Å². The van der Waals surface area contributed by atoms with Crippen LogP contribution in [0, 0.1) is 0 Å². The summed E-state index contributed by atoms with van der Waals surface area (Å²) in [5.74, 6) is 0.247. The Labute approximate surface area is 234 Å². The molecule has 1 atom stereocenters. The highest BCUT2D eigenvalue weighted by Gasteiger charge is 2.23. The number of benzene rings is 1. The number of carbonyl (C=O) groups is 2. The molecule has 1 saturated carbocycles. The number of fused-ring (bicyclic) bond motifs is 1. The summed E-state index contributed by atoms with van der Waals surface area (Å²) in [4.78, 5) is 37.4. The molecule has 1 amide bonds. The van der Waals surface area contributed by atoms with Crippen molar-refractivity contribution in [2.24, 2.45) is 0 Å². The van der Waals surface area contributed by atoms with Crippen LogP contribution in [0.5, 0.6) is 0 Å². The molecule has 40 heavy (non-hydrogen) atoms. The molecule has 214 valence electrons. The van der Waals surface area contributed by atoms with E-state index >= 15 is 0 Å². The van der Waals surface area contributed by atoms with Crippen LogP contribution in [-0.2, 0) is 9.53 Å². The van der Waals surface area contributed by atoms with E-state index in [1.165, 1.54) is 19.3 Å². The van der Waals surface area contributed by atoms with Crippen molar-refractivity contribution in [3.8, 4) is 0 Å². The number of aliphatic carboxylic acids is 1. The van der Waals surface area contributed by atoms with E-state index in [2.05, 4.69) is 20.9 Å². The lowest BCUT2D eigenvalue weighted by Crippen LogP contribution is -2.24. The van der Waals surface area contributed by atoms with Crippen LogP contribution in [0.25, 0.3) is 11.2 Å². The first-order chi connectivity index (χ1) is 19.6. The number of nitrogens with zero attached hydrogens (tertiary/aromatic N) is 4. The van der Waals surface area contributed by atoms with Crippen LogP contribution in [0.2, 0.25) is 0 Å². The maximum absolute atomic E-state index is 12.5. The fourth-order valence-electron chi connectivity index (χ4n) is 5.38. The average molecular weight is 550 g/mol. The third-order valence-corrected chi connectivity index (χ3v) is 7.59. The van der Waals surface area contributed by atoms with Gasteiger partial charge in [-0.15, -0.1) is 0 Å². The van der Waals surface area contributed by atoms with Gasteiger partial charge in [-0.25, -0.2) is 4.98 Å². The number of hydrogen-bond donors (Lipinski definition) is 4. The Kier molecular flexibility index (Phi) is 9.43. The summed E-state index contributed by atoms with van der Waals surface area (Å²) in [7, 11) is 0. The Bertz CT molecular complexity index is 1280. The van der Waals surface area contributed by atoms with Crippen molar-refractivity contribution in [3.05, 3.63) is 36.2 Å². The second-order valence-corrected chi connectivity index (χ2v) is 10.7. The Hall–Kier alpha value is -3.73. The molecule has 0 spiro atoms. The number of carboxylic acid groups (broad SMARTS) is 1. The minimum absolute atomic E-state index is 0.0843. The second kappa shape index (κ2) is 13.6. The minimum atomic E-state index is -0.788. The third kappa shape index (κ3) is 7.26. The van der Waals surface area contributed by atoms with Gasteiger partial charge in [-0.3, -0.25) is 14.2 Å². The topological polar surface area (TPSA) is 143 Å². The van der Waals surface area contributed by atoms with Crippen LogP contribution in [0.4, 0.5) is 17.5 Å². The molecule has 4 N–H and O–H groups in total. The van der Waals surface area contributed by atoms with E-state index in [-0.39, 0.29) is 18.6 Å². The monoisotopic (exact) mass is 549 g/mol. The number of aromatic nitrogens is 4. The Morgan fingerprint density at radius 3 is 2.52 bits per heavy atom. The molecule has 11 nitrogen and oxygen atoms in total. The van der Waals surface area contributed by atoms with Crippen LogP contribution in [0.15, 0.2) is 30.6 Å². The highest BCUT2D eigenvalue weighted by molar-refractivity contribution is 5.94. The Balaban J connectivity index is 1.28. The molecule has 0 radical (unpaired) electrons. The smallest absolute Gasteiger partial charge is 0.303 e. The molecule has 0 bridgehead atoms. The Morgan fingerprint density at radius 1 is 0.975 bits per heavy atom. The van der Waals surface area contributed by atoms with Crippen LogP contribution in [0.1, 0.15) is 93.6 Å². The van der Waals surface area contributed by atoms with Crippen molar-refractivity contribution in [1.82, 2.24) is 24.8 Å². The van der Waals surface area contributed by atoms with Crippen LogP contribution < -0.4 is 16.0 Å². The van der Waals surface area contributed by atoms with Gasteiger partial charge >= 0.3 is 5.97 Å². The van der Waals surface area contributed by atoms with E-state index in [4.69, 9.17) is 19.8 Å². The predicted octanol–water partition coefficient (Wildman–Crippen LogP) is 5.39. The first kappa shape index (κ1) is 27.8. The lowest BCUT2D eigenvalue weighted by Gasteiger charge is -2.25. The SMILES string of the molecule is O=C(O)CCCCCNC(=O)c1ccc(Nc2nc(NC3CCCCC3)c3ncn(C4CCCCO4)c3n2)cc1. The maximum atomic E-state index is 12.5. The maximum Gasteiger partial charge on any atom is 0.303 e. The van der Waals surface area contributed by atoms with Gasteiger partial charge in [-0.2, -0.15) is 9.97 Å². The van der Waals surface area contributed by atoms with E-state index in [9.17, 15) is 9.59 Å². The summed E-state index contributed by atoms with van der Waals surface area (Å²) in [5, 5.41) is 18.6.